The SMILES string of the molecule is Cc1ccc(Nc2nc(N3CCCCC3)nc3c2cnn3C)cc1Cl. The summed E-state index contributed by atoms with van der Waals surface area (Å²) in [5.74, 6) is 1.52. The number of hydrogen-bond acceptors (Lipinski definition) is 5. The van der Waals surface area contributed by atoms with E-state index >= 15 is 0 Å². The maximum atomic E-state index is 6.26. The Labute approximate surface area is 151 Å². The highest BCUT2D eigenvalue weighted by Crippen LogP contribution is 2.28. The first kappa shape index (κ1) is 16.1. The second kappa shape index (κ2) is 6.52. The Kier molecular flexibility index (Phi) is 4.21. The monoisotopic (exact) mass is 356 g/mol. The van der Waals surface area contributed by atoms with Crippen molar-refractivity contribution in [2.45, 2.75) is 26.2 Å². The lowest BCUT2D eigenvalue weighted by molar-refractivity contribution is 0.568. The maximum Gasteiger partial charge on any atom is 0.229 e. The van der Waals surface area contributed by atoms with Gasteiger partial charge in [0.15, 0.2) is 5.65 Å². The standard InChI is InChI=1S/C18H21ClN6/c1-12-6-7-13(10-15(12)19)21-16-14-11-20-24(2)17(14)23-18(22-16)25-8-4-3-5-9-25/h6-7,10-11H,3-5,8-9H2,1-2H3,(H,21,22,23). The van der Waals surface area contributed by atoms with E-state index in [1.807, 2.05) is 32.2 Å². The van der Waals surface area contributed by atoms with Gasteiger partial charge in [-0.1, -0.05) is 17.7 Å². The highest BCUT2D eigenvalue weighted by atomic mass is 35.5. The lowest BCUT2D eigenvalue weighted by atomic mass is 10.1. The summed E-state index contributed by atoms with van der Waals surface area (Å²) in [5.41, 5.74) is 2.79. The Morgan fingerprint density at radius 1 is 1.12 bits per heavy atom. The molecule has 1 aliphatic heterocycles. The van der Waals surface area contributed by atoms with Crippen molar-refractivity contribution in [3.63, 3.8) is 0 Å². The number of hydrogen-bond donors (Lipinski definition) is 1. The fourth-order valence-electron chi connectivity index (χ4n) is 3.15. The van der Waals surface area contributed by atoms with Crippen molar-refractivity contribution in [2.75, 3.05) is 23.3 Å². The Balaban J connectivity index is 1.76. The highest BCUT2D eigenvalue weighted by molar-refractivity contribution is 6.31. The first-order valence-corrected chi connectivity index (χ1v) is 8.97. The van der Waals surface area contributed by atoms with E-state index in [4.69, 9.17) is 21.6 Å². The number of benzene rings is 1. The third-order valence-corrected chi connectivity index (χ3v) is 5.06. The van der Waals surface area contributed by atoms with Crippen LogP contribution in [0.5, 0.6) is 0 Å². The van der Waals surface area contributed by atoms with Gasteiger partial charge in [0.2, 0.25) is 5.95 Å². The molecule has 6 nitrogen and oxygen atoms in total. The fraction of sp³-hybridized carbons (Fsp3) is 0.389. The van der Waals surface area contributed by atoms with Crippen LogP contribution >= 0.6 is 11.6 Å². The van der Waals surface area contributed by atoms with E-state index < -0.39 is 0 Å². The van der Waals surface area contributed by atoms with Crippen LogP contribution < -0.4 is 10.2 Å². The summed E-state index contributed by atoms with van der Waals surface area (Å²) >= 11 is 6.26. The normalized spacial score (nSPS) is 14.9. The van der Waals surface area contributed by atoms with Crippen molar-refractivity contribution in [3.05, 3.63) is 35.0 Å². The number of nitrogens with zero attached hydrogens (tertiary/aromatic N) is 5. The van der Waals surface area contributed by atoms with Crippen LogP contribution in [0.25, 0.3) is 11.0 Å². The summed E-state index contributed by atoms with van der Waals surface area (Å²) in [5, 5.41) is 9.37. The summed E-state index contributed by atoms with van der Waals surface area (Å²) in [6.45, 7) is 3.99. The van der Waals surface area contributed by atoms with Crippen LogP contribution in [0.3, 0.4) is 0 Å². The molecule has 0 bridgehead atoms. The molecule has 2 aromatic heterocycles. The van der Waals surface area contributed by atoms with E-state index in [1.54, 1.807) is 10.9 Å². The molecule has 1 fully saturated rings. The third-order valence-electron chi connectivity index (χ3n) is 4.65. The molecular formula is C18H21ClN6. The van der Waals surface area contributed by atoms with Crippen LogP contribution in [0.15, 0.2) is 24.4 Å². The number of halogens is 1. The number of piperidine rings is 1. The second-order valence-electron chi connectivity index (χ2n) is 6.51. The zero-order chi connectivity index (χ0) is 17.4. The van der Waals surface area contributed by atoms with Crippen molar-refractivity contribution in [1.82, 2.24) is 19.7 Å². The van der Waals surface area contributed by atoms with Gasteiger partial charge in [-0.2, -0.15) is 15.1 Å². The number of nitrogens with one attached hydrogen (secondary N) is 1. The molecule has 1 aliphatic rings. The zero-order valence-corrected chi connectivity index (χ0v) is 15.2. The lowest BCUT2D eigenvalue weighted by Gasteiger charge is -2.27. The van der Waals surface area contributed by atoms with E-state index in [9.17, 15) is 0 Å². The molecule has 0 amide bonds. The molecule has 3 aromatic rings. The first-order chi connectivity index (χ1) is 12.1. The topological polar surface area (TPSA) is 58.9 Å². The molecule has 1 aromatic carbocycles. The van der Waals surface area contributed by atoms with Gasteiger partial charge in [0.25, 0.3) is 0 Å². The number of anilines is 3. The van der Waals surface area contributed by atoms with E-state index in [2.05, 4.69) is 15.3 Å². The van der Waals surface area contributed by atoms with Gasteiger partial charge in [-0.05, 0) is 43.9 Å². The molecule has 4 rings (SSSR count). The molecule has 0 radical (unpaired) electrons. The predicted octanol–water partition coefficient (Wildman–Crippen LogP) is 4.06. The summed E-state index contributed by atoms with van der Waals surface area (Å²) < 4.78 is 1.79. The van der Waals surface area contributed by atoms with E-state index in [0.29, 0.717) is 0 Å². The maximum absolute atomic E-state index is 6.26. The molecular weight excluding hydrogens is 336 g/mol. The summed E-state index contributed by atoms with van der Waals surface area (Å²) in [6, 6.07) is 5.92. The molecule has 7 heteroatoms. The Morgan fingerprint density at radius 2 is 1.92 bits per heavy atom. The Hall–Kier alpha value is -2.34. The van der Waals surface area contributed by atoms with Crippen LogP contribution in [-0.2, 0) is 7.05 Å². The van der Waals surface area contributed by atoms with Gasteiger partial charge in [-0.25, -0.2) is 0 Å². The van der Waals surface area contributed by atoms with Gasteiger partial charge in [0, 0.05) is 30.8 Å². The molecule has 0 aliphatic carbocycles. The third kappa shape index (κ3) is 3.14. The van der Waals surface area contributed by atoms with Crippen molar-refractivity contribution >= 4 is 40.1 Å². The van der Waals surface area contributed by atoms with Gasteiger partial charge < -0.3 is 10.2 Å². The minimum Gasteiger partial charge on any atom is -0.341 e. The van der Waals surface area contributed by atoms with Crippen molar-refractivity contribution in [2.24, 2.45) is 7.05 Å². The van der Waals surface area contributed by atoms with Crippen molar-refractivity contribution < 1.29 is 0 Å². The van der Waals surface area contributed by atoms with E-state index in [0.717, 1.165) is 52.2 Å². The van der Waals surface area contributed by atoms with E-state index in [1.165, 1.54) is 19.3 Å². The smallest absolute Gasteiger partial charge is 0.229 e. The number of fused-ring (bicyclic) bond motifs is 1. The number of rotatable bonds is 3. The molecule has 130 valence electrons. The van der Waals surface area contributed by atoms with Gasteiger partial charge in [-0.15, -0.1) is 0 Å². The summed E-state index contributed by atoms with van der Waals surface area (Å²) in [4.78, 5) is 11.8. The largest absolute Gasteiger partial charge is 0.341 e. The highest BCUT2D eigenvalue weighted by Gasteiger charge is 2.18. The first-order valence-electron chi connectivity index (χ1n) is 8.60. The average Bonchev–Trinajstić information content (AvgIpc) is 3.00. The van der Waals surface area contributed by atoms with Gasteiger partial charge in [-0.3, -0.25) is 4.68 Å². The Bertz CT molecular complexity index is 913. The minimum atomic E-state index is 0.734. The van der Waals surface area contributed by atoms with Gasteiger partial charge in [0.05, 0.1) is 11.6 Å². The summed E-state index contributed by atoms with van der Waals surface area (Å²) in [6.07, 6.45) is 5.44. The minimum absolute atomic E-state index is 0.734. The van der Waals surface area contributed by atoms with Crippen molar-refractivity contribution in [3.8, 4) is 0 Å². The Morgan fingerprint density at radius 3 is 2.68 bits per heavy atom. The molecule has 0 saturated carbocycles. The van der Waals surface area contributed by atoms with Gasteiger partial charge >= 0.3 is 0 Å². The number of aromatic nitrogens is 4. The van der Waals surface area contributed by atoms with E-state index in [-0.39, 0.29) is 0 Å². The molecule has 3 heterocycles. The van der Waals surface area contributed by atoms with Crippen molar-refractivity contribution in [1.29, 1.82) is 0 Å². The number of aryl methyl sites for hydroxylation is 2. The van der Waals surface area contributed by atoms with Crippen LogP contribution in [-0.4, -0.2) is 32.8 Å². The van der Waals surface area contributed by atoms with Crippen LogP contribution in [0.4, 0.5) is 17.5 Å². The van der Waals surface area contributed by atoms with Crippen LogP contribution in [0.2, 0.25) is 5.02 Å². The molecule has 0 atom stereocenters. The fourth-order valence-corrected chi connectivity index (χ4v) is 3.33. The zero-order valence-electron chi connectivity index (χ0n) is 14.5. The van der Waals surface area contributed by atoms with Crippen LogP contribution in [0.1, 0.15) is 24.8 Å². The van der Waals surface area contributed by atoms with Crippen LogP contribution in [0, 0.1) is 6.92 Å². The molecule has 1 saturated heterocycles. The molecule has 0 unspecified atom stereocenters. The predicted molar refractivity (Wildman–Crippen MR) is 102 cm³/mol. The lowest BCUT2D eigenvalue weighted by Crippen LogP contribution is -2.31. The molecule has 25 heavy (non-hydrogen) atoms. The molecule has 0 spiro atoms. The average molecular weight is 357 g/mol. The quantitative estimate of drug-likeness (QED) is 0.766. The van der Waals surface area contributed by atoms with Gasteiger partial charge in [0.1, 0.15) is 5.82 Å². The molecule has 1 N–H and O–H groups in total. The second-order valence-corrected chi connectivity index (χ2v) is 6.92. The summed E-state index contributed by atoms with van der Waals surface area (Å²) in [7, 11) is 1.90.